The lowest BCUT2D eigenvalue weighted by atomic mass is 10.2. The van der Waals surface area contributed by atoms with Crippen molar-refractivity contribution >= 4 is 38.6 Å². The van der Waals surface area contributed by atoms with Gasteiger partial charge in [0.25, 0.3) is 0 Å². The van der Waals surface area contributed by atoms with E-state index in [0.29, 0.717) is 39.4 Å². The van der Waals surface area contributed by atoms with Gasteiger partial charge >= 0.3 is 0 Å². The Balaban J connectivity index is 1.55. The number of fused-ring (bicyclic) bond motifs is 1. The normalized spacial score (nSPS) is 14.2. The first-order valence-electron chi connectivity index (χ1n) is 10.9. The van der Waals surface area contributed by atoms with Crippen molar-refractivity contribution in [3.63, 3.8) is 0 Å². The average molecular weight is 503 g/mol. The van der Waals surface area contributed by atoms with Gasteiger partial charge in [0, 0.05) is 31.7 Å². The second-order valence-corrected chi connectivity index (χ2v) is 9.00. The summed E-state index contributed by atoms with van der Waals surface area (Å²) in [4.78, 5) is 18.1. The van der Waals surface area contributed by atoms with E-state index in [0.717, 1.165) is 25.1 Å². The zero-order valence-electron chi connectivity index (χ0n) is 18.2. The molecular weight excluding hydrogens is 475 g/mol. The first kappa shape index (κ1) is 22.8. The molecule has 1 aliphatic rings. The van der Waals surface area contributed by atoms with Crippen LogP contribution in [-0.4, -0.2) is 58.2 Å². The zero-order valence-corrected chi connectivity index (χ0v) is 19.8. The molecule has 0 amide bonds. The van der Waals surface area contributed by atoms with Crippen LogP contribution in [0.15, 0.2) is 34.9 Å². The lowest BCUT2D eigenvalue weighted by Gasteiger charge is -2.21. The van der Waals surface area contributed by atoms with Crippen LogP contribution in [0.2, 0.25) is 0 Å². The Bertz CT molecular complexity index is 1080. The van der Waals surface area contributed by atoms with Crippen LogP contribution >= 0.6 is 15.9 Å². The summed E-state index contributed by atoms with van der Waals surface area (Å²) in [5.41, 5.74) is 2.22. The minimum atomic E-state index is -0.359. The highest BCUT2D eigenvalue weighted by molar-refractivity contribution is 9.10. The largest absolute Gasteiger partial charge is 0.390 e. The number of aliphatic hydroxyl groups excluding tert-OH is 1. The van der Waals surface area contributed by atoms with Crippen LogP contribution in [0.1, 0.15) is 30.5 Å². The summed E-state index contributed by atoms with van der Waals surface area (Å²) in [6, 6.07) is 6.84. The van der Waals surface area contributed by atoms with Crippen molar-refractivity contribution in [3.05, 3.63) is 52.0 Å². The van der Waals surface area contributed by atoms with E-state index >= 15 is 0 Å². The van der Waals surface area contributed by atoms with Crippen molar-refractivity contribution in [1.29, 1.82) is 0 Å². The smallest absolute Gasteiger partial charge is 0.227 e. The van der Waals surface area contributed by atoms with Crippen molar-refractivity contribution in [1.82, 2.24) is 19.9 Å². The van der Waals surface area contributed by atoms with E-state index in [4.69, 9.17) is 9.97 Å². The van der Waals surface area contributed by atoms with Crippen LogP contribution in [0.25, 0.3) is 10.9 Å². The molecule has 0 spiro atoms. The fraction of sp³-hybridized carbons (Fsp3) is 0.435. The number of hydrogen-bond acceptors (Lipinski definition) is 7. The number of aliphatic hydroxyl groups is 1. The fourth-order valence-corrected chi connectivity index (χ4v) is 4.30. The van der Waals surface area contributed by atoms with Gasteiger partial charge in [-0.25, -0.2) is 9.37 Å². The molecule has 1 fully saturated rings. The van der Waals surface area contributed by atoms with E-state index in [1.165, 1.54) is 32.0 Å². The van der Waals surface area contributed by atoms with Crippen molar-refractivity contribution in [2.75, 3.05) is 43.4 Å². The van der Waals surface area contributed by atoms with Crippen molar-refractivity contribution in [2.45, 2.75) is 32.4 Å². The summed E-state index contributed by atoms with van der Waals surface area (Å²) in [5.74, 6) is 0.818. The van der Waals surface area contributed by atoms with Crippen LogP contribution in [0.4, 0.5) is 16.2 Å². The third-order valence-electron chi connectivity index (χ3n) is 5.74. The Morgan fingerprint density at radius 1 is 1.22 bits per heavy atom. The summed E-state index contributed by atoms with van der Waals surface area (Å²) in [6.07, 6.45) is 5.29. The molecule has 1 aliphatic heterocycles. The van der Waals surface area contributed by atoms with E-state index < -0.39 is 0 Å². The summed E-state index contributed by atoms with van der Waals surface area (Å²) in [6.45, 7) is 4.66. The molecule has 9 heteroatoms. The van der Waals surface area contributed by atoms with E-state index in [1.807, 2.05) is 24.1 Å². The maximum atomic E-state index is 14.3. The summed E-state index contributed by atoms with van der Waals surface area (Å²) in [7, 11) is 1.99. The predicted molar refractivity (Wildman–Crippen MR) is 128 cm³/mol. The molecule has 0 unspecified atom stereocenters. The molecule has 2 N–H and O–H groups in total. The summed E-state index contributed by atoms with van der Waals surface area (Å²) >= 11 is 3.27. The highest BCUT2D eigenvalue weighted by Gasteiger charge is 2.15. The molecular formula is C23H28BrFN6O. The molecule has 4 rings (SSSR count). The molecule has 0 aliphatic carbocycles. The Hall–Kier alpha value is -2.36. The summed E-state index contributed by atoms with van der Waals surface area (Å²) < 4.78 is 14.7. The predicted octanol–water partition coefficient (Wildman–Crippen LogP) is 3.95. The van der Waals surface area contributed by atoms with Crippen molar-refractivity contribution < 1.29 is 9.50 Å². The molecule has 0 saturated carbocycles. The van der Waals surface area contributed by atoms with Gasteiger partial charge in [0.05, 0.1) is 22.3 Å². The Kier molecular flexibility index (Phi) is 7.49. The molecule has 170 valence electrons. The second kappa shape index (κ2) is 10.5. The quantitative estimate of drug-likeness (QED) is 0.458. The Morgan fingerprint density at radius 3 is 2.81 bits per heavy atom. The first-order valence-corrected chi connectivity index (χ1v) is 11.7. The Morgan fingerprint density at radius 2 is 2.03 bits per heavy atom. The molecule has 1 aromatic carbocycles. The fourth-order valence-electron chi connectivity index (χ4n) is 3.96. The highest BCUT2D eigenvalue weighted by atomic mass is 79.9. The third-order valence-corrected chi connectivity index (χ3v) is 6.34. The lowest BCUT2D eigenvalue weighted by Crippen LogP contribution is -2.27. The van der Waals surface area contributed by atoms with E-state index in [2.05, 4.69) is 31.1 Å². The number of pyridine rings is 1. The SMILES string of the molecule is CN(CCCN1CCCC1)c1nc(NCc2ccnc(CO)c2)c2cc(F)c(Br)cc2n1. The van der Waals surface area contributed by atoms with Gasteiger partial charge in [-0.3, -0.25) is 4.98 Å². The molecule has 0 bridgehead atoms. The number of anilines is 2. The molecule has 0 radical (unpaired) electrons. The summed E-state index contributed by atoms with van der Waals surface area (Å²) in [5, 5.41) is 13.3. The van der Waals surface area contributed by atoms with Gasteiger partial charge in [-0.2, -0.15) is 4.98 Å². The zero-order chi connectivity index (χ0) is 22.5. The molecule has 1 saturated heterocycles. The topological polar surface area (TPSA) is 77.4 Å². The molecule has 3 heterocycles. The van der Waals surface area contributed by atoms with Gasteiger partial charge < -0.3 is 20.2 Å². The van der Waals surface area contributed by atoms with E-state index in [1.54, 1.807) is 12.3 Å². The maximum absolute atomic E-state index is 14.3. The van der Waals surface area contributed by atoms with Gasteiger partial charge in [0.1, 0.15) is 11.6 Å². The van der Waals surface area contributed by atoms with Crippen LogP contribution in [0.3, 0.4) is 0 Å². The van der Waals surface area contributed by atoms with Gasteiger partial charge in [0.2, 0.25) is 5.95 Å². The van der Waals surface area contributed by atoms with Gasteiger partial charge in [-0.1, -0.05) is 0 Å². The van der Waals surface area contributed by atoms with E-state index in [9.17, 15) is 9.50 Å². The lowest BCUT2D eigenvalue weighted by molar-refractivity contribution is 0.276. The monoisotopic (exact) mass is 502 g/mol. The molecule has 7 nitrogen and oxygen atoms in total. The second-order valence-electron chi connectivity index (χ2n) is 8.15. The number of nitrogens with zero attached hydrogens (tertiary/aromatic N) is 5. The van der Waals surface area contributed by atoms with Crippen LogP contribution < -0.4 is 10.2 Å². The number of benzene rings is 1. The van der Waals surface area contributed by atoms with Gasteiger partial charge in [-0.15, -0.1) is 0 Å². The van der Waals surface area contributed by atoms with Crippen molar-refractivity contribution in [3.8, 4) is 0 Å². The first-order chi connectivity index (χ1) is 15.5. The minimum absolute atomic E-state index is 0.115. The number of likely N-dealkylation sites (tertiary alicyclic amines) is 1. The Labute approximate surface area is 195 Å². The number of aromatic nitrogens is 3. The standard InChI is InChI=1S/C23H28BrFN6O/c1-30(7-4-10-31-8-2-3-9-31)23-28-21-13-19(24)20(25)12-18(21)22(29-23)27-14-16-5-6-26-17(11-16)15-32/h5-6,11-13,32H,2-4,7-10,14-15H2,1H3,(H,27,28,29). The van der Waals surface area contributed by atoms with Gasteiger partial charge in [-0.05, 0) is 84.7 Å². The molecule has 32 heavy (non-hydrogen) atoms. The minimum Gasteiger partial charge on any atom is -0.390 e. The van der Waals surface area contributed by atoms with Crippen LogP contribution in [-0.2, 0) is 13.2 Å². The maximum Gasteiger partial charge on any atom is 0.227 e. The van der Waals surface area contributed by atoms with E-state index in [-0.39, 0.29) is 12.4 Å². The molecule has 3 aromatic rings. The average Bonchev–Trinajstić information content (AvgIpc) is 3.32. The number of hydrogen-bond donors (Lipinski definition) is 2. The number of halogens is 2. The van der Waals surface area contributed by atoms with Crippen molar-refractivity contribution in [2.24, 2.45) is 0 Å². The number of rotatable bonds is 9. The van der Waals surface area contributed by atoms with Crippen LogP contribution in [0.5, 0.6) is 0 Å². The molecule has 2 aromatic heterocycles. The number of nitrogens with one attached hydrogen (secondary N) is 1. The molecule has 0 atom stereocenters. The van der Waals surface area contributed by atoms with Crippen LogP contribution in [0, 0.1) is 5.82 Å². The highest BCUT2D eigenvalue weighted by Crippen LogP contribution is 2.29. The van der Waals surface area contributed by atoms with Gasteiger partial charge in [0.15, 0.2) is 0 Å². The third kappa shape index (κ3) is 5.51.